The molecule has 0 atom stereocenters. The molecule has 2 aromatic carbocycles. The van der Waals surface area contributed by atoms with Crippen molar-refractivity contribution < 1.29 is 9.32 Å². The van der Waals surface area contributed by atoms with Crippen LogP contribution in [0.3, 0.4) is 0 Å². The highest BCUT2D eigenvalue weighted by Crippen LogP contribution is 2.29. The maximum Gasteiger partial charge on any atom is 0.254 e. The first-order valence-electron chi connectivity index (χ1n) is 12.1. The van der Waals surface area contributed by atoms with Gasteiger partial charge in [-0.1, -0.05) is 35.5 Å². The zero-order chi connectivity index (χ0) is 25.2. The number of rotatable bonds is 5. The molecule has 1 N–H and O–H groups in total. The number of carbonyl (C=O) groups excluding carboxylic acids is 1. The van der Waals surface area contributed by atoms with Gasteiger partial charge >= 0.3 is 0 Å². The summed E-state index contributed by atoms with van der Waals surface area (Å²) in [4.78, 5) is 30.5. The van der Waals surface area contributed by atoms with Crippen molar-refractivity contribution in [3.8, 4) is 11.3 Å². The van der Waals surface area contributed by atoms with Crippen LogP contribution in [0.5, 0.6) is 0 Å². The second-order valence-electron chi connectivity index (χ2n) is 8.99. The first-order chi connectivity index (χ1) is 18.1. The molecule has 0 spiro atoms. The van der Waals surface area contributed by atoms with Crippen LogP contribution in [0.4, 0.5) is 17.5 Å². The molecule has 3 aromatic heterocycles. The number of hydrogen-bond donors (Lipinski definition) is 1. The number of aromatic nitrogens is 4. The molecule has 6 rings (SSSR count). The fraction of sp³-hybridized carbons (Fsp3) is 0.179. The molecule has 0 unspecified atom stereocenters. The van der Waals surface area contributed by atoms with Crippen LogP contribution in [0.2, 0.25) is 0 Å². The van der Waals surface area contributed by atoms with Gasteiger partial charge in [-0.15, -0.1) is 0 Å². The molecule has 1 fully saturated rings. The highest BCUT2D eigenvalue weighted by Gasteiger charge is 2.24. The number of piperazine rings is 1. The van der Waals surface area contributed by atoms with Gasteiger partial charge in [0.2, 0.25) is 0 Å². The zero-order valence-electron chi connectivity index (χ0n) is 20.3. The predicted octanol–water partition coefficient (Wildman–Crippen LogP) is 4.69. The second kappa shape index (κ2) is 9.69. The van der Waals surface area contributed by atoms with Gasteiger partial charge in [0.05, 0.1) is 5.39 Å². The van der Waals surface area contributed by atoms with Gasteiger partial charge in [0.1, 0.15) is 29.3 Å². The minimum atomic E-state index is -0.00248. The molecular weight excluding hydrogens is 466 g/mol. The Hall–Kier alpha value is -4.79. The molecule has 0 radical (unpaired) electrons. The van der Waals surface area contributed by atoms with Crippen LogP contribution < -0.4 is 10.2 Å². The first kappa shape index (κ1) is 22.7. The van der Waals surface area contributed by atoms with Crippen molar-refractivity contribution in [2.45, 2.75) is 6.92 Å². The van der Waals surface area contributed by atoms with Crippen LogP contribution in [0.25, 0.3) is 22.2 Å². The van der Waals surface area contributed by atoms with Crippen LogP contribution in [0.15, 0.2) is 83.8 Å². The van der Waals surface area contributed by atoms with Gasteiger partial charge in [-0.05, 0) is 42.8 Å². The summed E-state index contributed by atoms with van der Waals surface area (Å²) in [5.41, 5.74) is 3.40. The number of aryl methyl sites for hydroxylation is 1. The number of pyridine rings is 1. The van der Waals surface area contributed by atoms with Gasteiger partial charge in [-0.25, -0.2) is 15.0 Å². The molecule has 37 heavy (non-hydrogen) atoms. The Labute approximate surface area is 213 Å². The van der Waals surface area contributed by atoms with Crippen molar-refractivity contribution in [3.05, 3.63) is 90.4 Å². The van der Waals surface area contributed by atoms with Crippen LogP contribution in [0.1, 0.15) is 15.9 Å². The van der Waals surface area contributed by atoms with Crippen molar-refractivity contribution in [3.63, 3.8) is 0 Å². The Morgan fingerprint density at radius 2 is 1.70 bits per heavy atom. The monoisotopic (exact) mass is 491 g/mol. The number of amides is 1. The molecule has 0 bridgehead atoms. The summed E-state index contributed by atoms with van der Waals surface area (Å²) in [6.45, 7) is 4.56. The van der Waals surface area contributed by atoms with E-state index in [0.717, 1.165) is 33.7 Å². The summed E-state index contributed by atoms with van der Waals surface area (Å²) in [5, 5.41) is 8.23. The van der Waals surface area contributed by atoms with E-state index < -0.39 is 0 Å². The van der Waals surface area contributed by atoms with E-state index in [0.29, 0.717) is 43.3 Å². The molecule has 1 aliphatic rings. The van der Waals surface area contributed by atoms with Gasteiger partial charge in [-0.2, -0.15) is 0 Å². The van der Waals surface area contributed by atoms with Gasteiger partial charge in [0.15, 0.2) is 5.76 Å². The molecule has 1 aliphatic heterocycles. The fourth-order valence-electron chi connectivity index (χ4n) is 4.52. The molecular formula is C28H25N7O2. The van der Waals surface area contributed by atoms with Crippen LogP contribution >= 0.6 is 0 Å². The summed E-state index contributed by atoms with van der Waals surface area (Å²) >= 11 is 0. The van der Waals surface area contributed by atoms with E-state index in [1.807, 2.05) is 78.6 Å². The molecule has 9 nitrogen and oxygen atoms in total. The maximum atomic E-state index is 13.4. The number of nitrogens with zero attached hydrogens (tertiary/aromatic N) is 6. The Morgan fingerprint density at radius 3 is 2.51 bits per heavy atom. The van der Waals surface area contributed by atoms with Crippen molar-refractivity contribution in [2.24, 2.45) is 0 Å². The summed E-state index contributed by atoms with van der Waals surface area (Å²) < 4.78 is 5.59. The quantitative estimate of drug-likeness (QED) is 0.378. The maximum absolute atomic E-state index is 13.4. The van der Waals surface area contributed by atoms with E-state index in [-0.39, 0.29) is 5.91 Å². The first-order valence-corrected chi connectivity index (χ1v) is 12.1. The van der Waals surface area contributed by atoms with Crippen molar-refractivity contribution in [1.29, 1.82) is 0 Å². The van der Waals surface area contributed by atoms with Crippen LogP contribution in [-0.2, 0) is 0 Å². The normalized spacial score (nSPS) is 13.6. The second-order valence-corrected chi connectivity index (χ2v) is 8.99. The lowest BCUT2D eigenvalue weighted by Gasteiger charge is -2.35. The van der Waals surface area contributed by atoms with E-state index in [2.05, 4.69) is 30.3 Å². The molecule has 0 saturated carbocycles. The third kappa shape index (κ3) is 4.71. The number of anilines is 3. The van der Waals surface area contributed by atoms with E-state index in [1.165, 1.54) is 0 Å². The molecule has 5 aromatic rings. The lowest BCUT2D eigenvalue weighted by atomic mass is 10.1. The number of fused-ring (bicyclic) bond motifs is 1. The van der Waals surface area contributed by atoms with Gasteiger partial charge in [-0.3, -0.25) is 4.79 Å². The largest absolute Gasteiger partial charge is 0.355 e. The minimum absolute atomic E-state index is 0.00248. The van der Waals surface area contributed by atoms with Gasteiger partial charge in [0, 0.05) is 49.6 Å². The topological polar surface area (TPSA) is 100 Å². The number of benzene rings is 2. The third-order valence-corrected chi connectivity index (χ3v) is 6.47. The van der Waals surface area contributed by atoms with E-state index in [1.54, 1.807) is 12.5 Å². The van der Waals surface area contributed by atoms with Crippen LogP contribution in [0, 0.1) is 6.92 Å². The summed E-state index contributed by atoms with van der Waals surface area (Å²) in [7, 11) is 0. The van der Waals surface area contributed by atoms with Crippen molar-refractivity contribution in [2.75, 3.05) is 36.4 Å². The summed E-state index contributed by atoms with van der Waals surface area (Å²) in [5.74, 6) is 2.90. The molecule has 4 heterocycles. The predicted molar refractivity (Wildman–Crippen MR) is 142 cm³/mol. The Balaban J connectivity index is 1.14. The lowest BCUT2D eigenvalue weighted by Crippen LogP contribution is -2.49. The highest BCUT2D eigenvalue weighted by atomic mass is 16.5. The van der Waals surface area contributed by atoms with Crippen molar-refractivity contribution in [1.82, 2.24) is 25.0 Å². The zero-order valence-corrected chi connectivity index (χ0v) is 20.3. The average Bonchev–Trinajstić information content (AvgIpc) is 3.37. The van der Waals surface area contributed by atoms with Crippen LogP contribution in [-0.4, -0.2) is 57.1 Å². The minimum Gasteiger partial charge on any atom is -0.355 e. The molecule has 1 amide bonds. The Morgan fingerprint density at radius 1 is 0.892 bits per heavy atom. The molecule has 184 valence electrons. The molecule has 9 heteroatoms. The van der Waals surface area contributed by atoms with Gasteiger partial charge < -0.3 is 19.6 Å². The third-order valence-electron chi connectivity index (χ3n) is 6.47. The SMILES string of the molecule is Cc1ccnc(Nc2cc(N3CCN(C(=O)c4ccc5noc(-c6ccccc6)c5c4)CC3)ncn2)c1. The number of nitrogens with one attached hydrogen (secondary N) is 1. The number of carbonyl (C=O) groups is 1. The van der Waals surface area contributed by atoms with Crippen molar-refractivity contribution >= 4 is 34.3 Å². The van der Waals surface area contributed by atoms with Gasteiger partial charge in [0.25, 0.3) is 5.91 Å². The summed E-state index contributed by atoms with van der Waals surface area (Å²) in [6, 6.07) is 21.2. The van der Waals surface area contributed by atoms with E-state index in [4.69, 9.17) is 4.52 Å². The molecule has 0 aliphatic carbocycles. The smallest absolute Gasteiger partial charge is 0.254 e. The van der Waals surface area contributed by atoms with E-state index >= 15 is 0 Å². The lowest BCUT2D eigenvalue weighted by molar-refractivity contribution is 0.0746. The average molecular weight is 492 g/mol. The highest BCUT2D eigenvalue weighted by molar-refractivity contribution is 6.01. The van der Waals surface area contributed by atoms with E-state index in [9.17, 15) is 4.79 Å². The Bertz CT molecular complexity index is 1560. The summed E-state index contributed by atoms with van der Waals surface area (Å²) in [6.07, 6.45) is 3.31. The molecule has 1 saturated heterocycles. The number of hydrogen-bond acceptors (Lipinski definition) is 8. The fourth-order valence-corrected chi connectivity index (χ4v) is 4.52. The Kier molecular flexibility index (Phi) is 5.94. The standard InChI is InChI=1S/C28H25N7O2/c1-19-9-10-29-24(15-19)32-25-17-26(31-18-30-25)34-11-13-35(14-12-34)28(36)21-7-8-23-22(16-21)27(37-33-23)20-5-3-2-4-6-20/h2-10,15-18H,11-14H2,1H3,(H,29,30,31,32).